The van der Waals surface area contributed by atoms with Crippen LogP contribution in [0.2, 0.25) is 0 Å². The molecule has 1 spiro atoms. The summed E-state index contributed by atoms with van der Waals surface area (Å²) in [5.41, 5.74) is 14.1. The summed E-state index contributed by atoms with van der Waals surface area (Å²) < 4.78 is 13.4. The number of furan rings is 1. The number of benzene rings is 10. The lowest BCUT2D eigenvalue weighted by molar-refractivity contribution is 0.436. The summed E-state index contributed by atoms with van der Waals surface area (Å²) in [4.78, 5) is 2.51. The summed E-state index contributed by atoms with van der Waals surface area (Å²) in [6, 6.07) is 76.7. The van der Waals surface area contributed by atoms with Crippen LogP contribution in [0.1, 0.15) is 22.3 Å². The lowest BCUT2D eigenvalue weighted by Crippen LogP contribution is -2.32. The highest BCUT2D eigenvalue weighted by Crippen LogP contribution is 2.64. The number of fused-ring (bicyclic) bond motifs is 15. The smallest absolute Gasteiger partial charge is 0.143 e. The molecule has 0 saturated carbocycles. The Hall–Kier alpha value is -7.88. The minimum atomic E-state index is -0.600. The SMILES string of the molecule is c1ccc(-c2ccc(N(c3cccc4c3-c3ccccc3C43c4ccccc4Oc4ccccc43)c3cccc4c3ccc3c5ccccc5oc43)c3ccccc23)cc1. The molecule has 0 bridgehead atoms. The van der Waals surface area contributed by atoms with Gasteiger partial charge in [0.05, 0.1) is 22.5 Å². The number of hydrogen-bond donors (Lipinski definition) is 0. The Labute approximate surface area is 347 Å². The van der Waals surface area contributed by atoms with E-state index in [2.05, 4.69) is 211 Å². The van der Waals surface area contributed by atoms with Gasteiger partial charge in [-0.2, -0.15) is 0 Å². The molecule has 2 heterocycles. The lowest BCUT2D eigenvalue weighted by Gasteiger charge is -2.39. The van der Waals surface area contributed by atoms with Crippen LogP contribution in [0.25, 0.3) is 65.7 Å². The fraction of sp³-hybridized carbons (Fsp3) is 0.0175. The fourth-order valence-electron chi connectivity index (χ4n) is 10.5. The first-order valence-corrected chi connectivity index (χ1v) is 20.6. The third-order valence-electron chi connectivity index (χ3n) is 12.9. The topological polar surface area (TPSA) is 25.6 Å². The predicted octanol–water partition coefficient (Wildman–Crippen LogP) is 15.5. The van der Waals surface area contributed by atoms with Gasteiger partial charge in [-0.1, -0.05) is 170 Å². The summed E-state index contributed by atoms with van der Waals surface area (Å²) in [7, 11) is 0. The number of para-hydroxylation sites is 3. The third kappa shape index (κ3) is 4.44. The van der Waals surface area contributed by atoms with E-state index in [0.717, 1.165) is 72.4 Å². The van der Waals surface area contributed by atoms with E-state index >= 15 is 0 Å². The molecule has 1 aliphatic heterocycles. The maximum absolute atomic E-state index is 6.69. The first kappa shape index (κ1) is 33.1. The third-order valence-corrected chi connectivity index (χ3v) is 12.9. The zero-order chi connectivity index (χ0) is 39.4. The lowest BCUT2D eigenvalue weighted by atomic mass is 9.66. The molecule has 1 aliphatic carbocycles. The van der Waals surface area contributed by atoms with Crippen LogP contribution in [0, 0.1) is 0 Å². The van der Waals surface area contributed by atoms with Crippen molar-refractivity contribution in [2.24, 2.45) is 0 Å². The van der Waals surface area contributed by atoms with Crippen molar-refractivity contribution in [2.75, 3.05) is 4.90 Å². The highest BCUT2D eigenvalue weighted by atomic mass is 16.5. The molecule has 0 radical (unpaired) electrons. The zero-order valence-electron chi connectivity index (χ0n) is 32.5. The molecule has 0 atom stereocenters. The van der Waals surface area contributed by atoms with Gasteiger partial charge in [0.15, 0.2) is 0 Å². The van der Waals surface area contributed by atoms with Gasteiger partial charge in [0, 0.05) is 43.6 Å². The molecule has 280 valence electrons. The first-order valence-electron chi connectivity index (χ1n) is 20.6. The van der Waals surface area contributed by atoms with Crippen LogP contribution in [0.5, 0.6) is 11.5 Å². The van der Waals surface area contributed by atoms with Crippen LogP contribution in [0.4, 0.5) is 17.1 Å². The molecule has 0 saturated heterocycles. The normalized spacial score (nSPS) is 13.3. The van der Waals surface area contributed by atoms with Crippen molar-refractivity contribution >= 4 is 60.5 Å². The van der Waals surface area contributed by atoms with E-state index in [4.69, 9.17) is 9.15 Å². The van der Waals surface area contributed by atoms with Crippen molar-refractivity contribution in [1.82, 2.24) is 0 Å². The average molecular weight is 766 g/mol. The maximum Gasteiger partial charge on any atom is 0.143 e. The van der Waals surface area contributed by atoms with Gasteiger partial charge in [0.1, 0.15) is 22.7 Å². The van der Waals surface area contributed by atoms with Gasteiger partial charge in [-0.25, -0.2) is 0 Å². The van der Waals surface area contributed by atoms with Crippen molar-refractivity contribution in [3.05, 3.63) is 235 Å². The van der Waals surface area contributed by atoms with Crippen LogP contribution in [-0.4, -0.2) is 0 Å². The Morgan fingerprint density at radius 2 is 0.883 bits per heavy atom. The second-order valence-electron chi connectivity index (χ2n) is 15.9. The standard InChI is InChI=1S/C57H35NO2/c1-2-16-36(17-3-1)37-34-35-50(39-19-5-4-18-38(37)39)58(49-27-14-22-42-40(49)32-33-43-41-20-7-11-29-52(41)60-56(42)43)51-28-15-26-48-55(51)44-21-6-8-23-45(44)57(48)46-24-9-12-30-53(46)59-54-31-13-10-25-47(54)57/h1-35H. The van der Waals surface area contributed by atoms with Gasteiger partial charge in [-0.15, -0.1) is 0 Å². The molecule has 60 heavy (non-hydrogen) atoms. The van der Waals surface area contributed by atoms with Crippen molar-refractivity contribution < 1.29 is 9.15 Å². The van der Waals surface area contributed by atoms with Gasteiger partial charge < -0.3 is 14.1 Å². The Bertz CT molecular complexity index is 3500. The van der Waals surface area contributed by atoms with Crippen LogP contribution >= 0.6 is 0 Å². The van der Waals surface area contributed by atoms with Crippen molar-refractivity contribution in [1.29, 1.82) is 0 Å². The molecule has 0 N–H and O–H groups in total. The summed E-state index contributed by atoms with van der Waals surface area (Å²) in [6.45, 7) is 0. The molecule has 11 aromatic rings. The van der Waals surface area contributed by atoms with E-state index in [1.165, 1.54) is 44.2 Å². The predicted molar refractivity (Wildman–Crippen MR) is 246 cm³/mol. The van der Waals surface area contributed by atoms with Crippen LogP contribution in [-0.2, 0) is 5.41 Å². The largest absolute Gasteiger partial charge is 0.457 e. The molecule has 1 aromatic heterocycles. The minimum Gasteiger partial charge on any atom is -0.457 e. The molecule has 0 amide bonds. The van der Waals surface area contributed by atoms with E-state index in [1.54, 1.807) is 0 Å². The van der Waals surface area contributed by atoms with Gasteiger partial charge in [0.25, 0.3) is 0 Å². The monoisotopic (exact) mass is 765 g/mol. The summed E-state index contributed by atoms with van der Waals surface area (Å²) in [5.74, 6) is 1.76. The van der Waals surface area contributed by atoms with Gasteiger partial charge in [-0.3, -0.25) is 0 Å². The number of anilines is 3. The molecular formula is C57H35NO2. The highest BCUT2D eigenvalue weighted by molar-refractivity contribution is 6.19. The second-order valence-corrected chi connectivity index (χ2v) is 15.9. The Kier molecular flexibility index (Phi) is 6.93. The molecule has 2 aliphatic rings. The quantitative estimate of drug-likeness (QED) is 0.178. The number of nitrogens with zero attached hydrogens (tertiary/aromatic N) is 1. The van der Waals surface area contributed by atoms with Crippen molar-refractivity contribution in [3.63, 3.8) is 0 Å². The van der Waals surface area contributed by atoms with Crippen molar-refractivity contribution in [3.8, 4) is 33.8 Å². The van der Waals surface area contributed by atoms with Gasteiger partial charge in [-0.05, 0) is 75.7 Å². The zero-order valence-corrected chi connectivity index (χ0v) is 32.5. The minimum absolute atomic E-state index is 0.600. The summed E-state index contributed by atoms with van der Waals surface area (Å²) in [6.07, 6.45) is 0. The molecule has 0 fully saturated rings. The molecular weight excluding hydrogens is 731 g/mol. The van der Waals surface area contributed by atoms with Crippen LogP contribution < -0.4 is 9.64 Å². The number of ether oxygens (including phenoxy) is 1. The Balaban J connectivity index is 1.16. The van der Waals surface area contributed by atoms with E-state index in [0.29, 0.717) is 0 Å². The van der Waals surface area contributed by atoms with E-state index < -0.39 is 5.41 Å². The molecule has 3 heteroatoms. The highest BCUT2D eigenvalue weighted by Gasteiger charge is 2.52. The average Bonchev–Trinajstić information content (AvgIpc) is 3.84. The van der Waals surface area contributed by atoms with Gasteiger partial charge in [0.2, 0.25) is 0 Å². The van der Waals surface area contributed by atoms with Gasteiger partial charge >= 0.3 is 0 Å². The molecule has 0 unspecified atom stereocenters. The molecule has 10 aromatic carbocycles. The second kappa shape index (κ2) is 12.6. The number of rotatable bonds is 4. The van der Waals surface area contributed by atoms with Crippen LogP contribution in [0.3, 0.4) is 0 Å². The van der Waals surface area contributed by atoms with E-state index in [9.17, 15) is 0 Å². The Morgan fingerprint density at radius 1 is 0.333 bits per heavy atom. The summed E-state index contributed by atoms with van der Waals surface area (Å²) >= 11 is 0. The summed E-state index contributed by atoms with van der Waals surface area (Å²) in [5, 5.41) is 6.80. The molecule has 13 rings (SSSR count). The molecule has 3 nitrogen and oxygen atoms in total. The Morgan fingerprint density at radius 3 is 1.70 bits per heavy atom. The first-order chi connectivity index (χ1) is 29.8. The van der Waals surface area contributed by atoms with E-state index in [1.807, 2.05) is 6.07 Å². The van der Waals surface area contributed by atoms with E-state index in [-0.39, 0.29) is 0 Å². The van der Waals surface area contributed by atoms with Crippen molar-refractivity contribution in [2.45, 2.75) is 5.41 Å². The maximum atomic E-state index is 6.69. The fourth-order valence-corrected chi connectivity index (χ4v) is 10.5. The number of hydrogen-bond acceptors (Lipinski definition) is 3. The van der Waals surface area contributed by atoms with Crippen LogP contribution in [0.15, 0.2) is 217 Å².